The minimum atomic E-state index is -1.59. The van der Waals surface area contributed by atoms with Gasteiger partial charge in [0.25, 0.3) is 0 Å². The Hall–Kier alpha value is -2.38. The van der Waals surface area contributed by atoms with Gasteiger partial charge in [-0.05, 0) is 0 Å². The Morgan fingerprint density at radius 1 is 0.886 bits per heavy atom. The number of aryl methyl sites for hydroxylation is 3. The topological polar surface area (TPSA) is 12.6 Å². The number of benzene rings is 2. The van der Waals surface area contributed by atoms with Crippen LogP contribution in [0.3, 0.4) is 0 Å². The number of anilines is 1. The van der Waals surface area contributed by atoms with Crippen molar-refractivity contribution in [2.45, 2.75) is 44.9 Å². The number of aromatic nitrogens is 2. The average Bonchev–Trinajstić information content (AvgIpc) is 3.24. The first-order valence-electron chi connectivity index (χ1n) is 12.4. The van der Waals surface area contributed by atoms with Gasteiger partial charge in [0, 0.05) is 0 Å². The standard InChI is InChI=1S/C21H25N3.C9H9.ClH.Pd/c1-16-12-17(2)21(18(3)13-16)23-14-19-8-7-9-20(24(19)15-23)22-10-5-4-6-11-22;1-2-6-9-7-4-3-5-8-9;;/h7-9,12-14H,4-6,10-11H2,1-3H3;2-8H,1H2;1H;/q;;;+1/p-1. The Kier molecular flexibility index (Phi) is 7.44. The molecule has 1 saturated heterocycles. The third kappa shape index (κ3) is 5.12. The number of allylic oxidation sites excluding steroid dienone is 1. The van der Waals surface area contributed by atoms with Crippen molar-refractivity contribution in [3.8, 4) is 5.69 Å². The van der Waals surface area contributed by atoms with Crippen molar-refractivity contribution >= 4 is 26.9 Å². The van der Waals surface area contributed by atoms with Crippen LogP contribution in [-0.2, 0) is 15.3 Å². The fourth-order valence-corrected chi connectivity index (χ4v) is 8.40. The number of imidazole rings is 1. The van der Waals surface area contributed by atoms with Gasteiger partial charge in [-0.3, -0.25) is 0 Å². The van der Waals surface area contributed by atoms with E-state index in [0.29, 0.717) is 0 Å². The molecule has 35 heavy (non-hydrogen) atoms. The Bertz CT molecular complexity index is 1420. The summed E-state index contributed by atoms with van der Waals surface area (Å²) in [5, 5.41) is 0. The minimum absolute atomic E-state index is 0.868. The second kappa shape index (κ2) is 10.7. The molecule has 0 bridgehead atoms. The average molecular weight is 578 g/mol. The predicted octanol–water partition coefficient (Wildman–Crippen LogP) is 8.08. The normalized spacial score (nSPS) is 16.3. The van der Waals surface area contributed by atoms with E-state index in [4.69, 9.17) is 9.53 Å². The fourth-order valence-electron chi connectivity index (χ4n) is 5.18. The molecule has 4 aromatic rings. The summed E-state index contributed by atoms with van der Waals surface area (Å²) in [5.41, 5.74) is 7.57. The number of pyridine rings is 1. The molecule has 2 aromatic heterocycles. The molecule has 186 valence electrons. The Morgan fingerprint density at radius 2 is 1.60 bits per heavy atom. The van der Waals surface area contributed by atoms with Crippen LogP contribution in [0.15, 0.2) is 72.9 Å². The van der Waals surface area contributed by atoms with Crippen molar-refractivity contribution in [3.63, 3.8) is 0 Å². The molecular weight excluding hydrogens is 544 g/mol. The number of fused-ring (bicyclic) bond motifs is 1. The van der Waals surface area contributed by atoms with Crippen molar-refractivity contribution in [2.75, 3.05) is 18.0 Å². The molecule has 1 aliphatic rings. The first-order chi connectivity index (χ1) is 17.0. The van der Waals surface area contributed by atoms with E-state index in [1.807, 2.05) is 0 Å². The van der Waals surface area contributed by atoms with Crippen LogP contribution < -0.4 is 4.90 Å². The van der Waals surface area contributed by atoms with Crippen LogP contribution in [-0.4, -0.2) is 22.1 Å². The number of hydrogen-bond acceptors (Lipinski definition) is 1. The fraction of sp³-hybridized carbons (Fsp3) is 0.300. The molecule has 1 fully saturated rings. The van der Waals surface area contributed by atoms with Gasteiger partial charge in [0.2, 0.25) is 0 Å². The number of hydrogen-bond donors (Lipinski definition) is 0. The van der Waals surface area contributed by atoms with Crippen LogP contribution in [0.4, 0.5) is 5.82 Å². The Balaban J connectivity index is 1.73. The zero-order valence-corrected chi connectivity index (χ0v) is 23.1. The molecule has 3 nitrogen and oxygen atoms in total. The van der Waals surface area contributed by atoms with Crippen LogP contribution in [0.25, 0.3) is 17.3 Å². The van der Waals surface area contributed by atoms with Crippen molar-refractivity contribution in [1.29, 1.82) is 0 Å². The third-order valence-electron chi connectivity index (χ3n) is 6.62. The van der Waals surface area contributed by atoms with Crippen molar-refractivity contribution < 1.29 is 15.3 Å². The van der Waals surface area contributed by atoms with E-state index < -0.39 is 15.3 Å². The zero-order valence-electron chi connectivity index (χ0n) is 20.8. The summed E-state index contributed by atoms with van der Waals surface area (Å²) in [6.07, 6.45) is 10.6. The molecule has 5 heteroatoms. The number of rotatable bonds is 5. The number of piperidine rings is 1. The molecule has 0 radical (unpaired) electrons. The molecule has 1 aliphatic heterocycles. The summed E-state index contributed by atoms with van der Waals surface area (Å²) in [6.45, 7) is 8.83. The van der Waals surface area contributed by atoms with Crippen LogP contribution >= 0.6 is 9.53 Å². The van der Waals surface area contributed by atoms with Gasteiger partial charge in [0.1, 0.15) is 0 Å². The van der Waals surface area contributed by atoms with Crippen LogP contribution in [0.5, 0.6) is 0 Å². The van der Waals surface area contributed by atoms with E-state index in [2.05, 4.69) is 114 Å². The molecule has 0 atom stereocenters. The third-order valence-corrected chi connectivity index (χ3v) is 10.2. The summed E-state index contributed by atoms with van der Waals surface area (Å²) >= 11 is -1.59. The van der Waals surface area contributed by atoms with E-state index in [1.165, 1.54) is 62.4 Å². The Labute approximate surface area is 218 Å². The summed E-state index contributed by atoms with van der Waals surface area (Å²) in [5.74, 6) is 1.28. The second-order valence-corrected chi connectivity index (χ2v) is 13.7. The van der Waals surface area contributed by atoms with E-state index in [-0.39, 0.29) is 0 Å². The molecule has 5 rings (SSSR count). The van der Waals surface area contributed by atoms with Crippen molar-refractivity contribution in [3.05, 3.63) is 99.1 Å². The van der Waals surface area contributed by atoms with Gasteiger partial charge in [-0.25, -0.2) is 0 Å². The molecule has 0 saturated carbocycles. The van der Waals surface area contributed by atoms with Gasteiger partial charge >= 0.3 is 219 Å². The summed E-state index contributed by atoms with van der Waals surface area (Å²) in [4.78, 5) is 3.42. The summed E-state index contributed by atoms with van der Waals surface area (Å²) in [6, 6.07) is 21.7. The van der Waals surface area contributed by atoms with E-state index in [0.717, 1.165) is 18.0 Å². The van der Waals surface area contributed by atoms with Crippen molar-refractivity contribution in [1.82, 2.24) is 8.97 Å². The molecule has 3 heterocycles. The van der Waals surface area contributed by atoms with Crippen LogP contribution in [0, 0.1) is 24.7 Å². The molecule has 0 unspecified atom stereocenters. The quantitative estimate of drug-likeness (QED) is 0.218. The zero-order chi connectivity index (χ0) is 24.4. The molecule has 0 amide bonds. The predicted molar refractivity (Wildman–Crippen MR) is 146 cm³/mol. The van der Waals surface area contributed by atoms with Gasteiger partial charge in [-0.15, -0.1) is 0 Å². The van der Waals surface area contributed by atoms with E-state index in [1.54, 1.807) is 0 Å². The molecule has 0 N–H and O–H groups in total. The second-order valence-electron chi connectivity index (χ2n) is 9.38. The first kappa shape index (κ1) is 24.3. The summed E-state index contributed by atoms with van der Waals surface area (Å²) in [7, 11) is 7.40. The van der Waals surface area contributed by atoms with Gasteiger partial charge in [-0.1, -0.05) is 0 Å². The number of halogens is 1. The molecular formula is C30H34ClN3Pd. The molecule has 0 aliphatic carbocycles. The van der Waals surface area contributed by atoms with Gasteiger partial charge < -0.3 is 0 Å². The van der Waals surface area contributed by atoms with Gasteiger partial charge in [0.05, 0.1) is 0 Å². The van der Waals surface area contributed by atoms with Crippen LogP contribution in [0.2, 0.25) is 4.89 Å². The summed E-state index contributed by atoms with van der Waals surface area (Å²) < 4.78 is 6.09. The van der Waals surface area contributed by atoms with Crippen molar-refractivity contribution in [2.24, 2.45) is 0 Å². The SMILES string of the molecule is Cc1cc(C)c(-n2cc3cccc(N4CCCCC4)n3[c]2=[Pd]([Cl])[CH2]C=Cc2ccccc2)c(C)c1. The maximum atomic E-state index is 7.40. The Morgan fingerprint density at radius 3 is 2.31 bits per heavy atom. The molecule has 0 spiro atoms. The first-order valence-corrected chi connectivity index (χ1v) is 16.2. The molecule has 2 aromatic carbocycles. The van der Waals surface area contributed by atoms with Crippen LogP contribution in [0.1, 0.15) is 41.5 Å². The van der Waals surface area contributed by atoms with E-state index >= 15 is 0 Å². The number of nitrogens with zero attached hydrogens (tertiary/aromatic N) is 3. The van der Waals surface area contributed by atoms with Gasteiger partial charge in [-0.2, -0.15) is 0 Å². The monoisotopic (exact) mass is 577 g/mol. The van der Waals surface area contributed by atoms with E-state index in [9.17, 15) is 0 Å². The maximum absolute atomic E-state index is 7.40. The van der Waals surface area contributed by atoms with Gasteiger partial charge in [0.15, 0.2) is 0 Å².